The fraction of sp³-hybridized carbons (Fsp3) is 0.278. The summed E-state index contributed by atoms with van der Waals surface area (Å²) in [5.41, 5.74) is 2.64. The summed E-state index contributed by atoms with van der Waals surface area (Å²) < 4.78 is 31.2. The van der Waals surface area contributed by atoms with Gasteiger partial charge in [0.2, 0.25) is 0 Å². The van der Waals surface area contributed by atoms with E-state index in [2.05, 4.69) is 15.3 Å². The fourth-order valence-electron chi connectivity index (χ4n) is 2.51. The molecule has 0 aliphatic heterocycles. The average molecular weight is 370 g/mol. The van der Waals surface area contributed by atoms with Crippen molar-refractivity contribution in [2.75, 3.05) is 0 Å². The predicted octanol–water partition coefficient (Wildman–Crippen LogP) is 2.75. The Morgan fingerprint density at radius 3 is 2.58 bits per heavy atom. The van der Waals surface area contributed by atoms with E-state index in [0.717, 1.165) is 24.1 Å². The van der Waals surface area contributed by atoms with Gasteiger partial charge in [-0.1, -0.05) is 29.0 Å². The molecule has 3 aromatic rings. The van der Waals surface area contributed by atoms with Gasteiger partial charge in [-0.15, -0.1) is 5.10 Å². The lowest BCUT2D eigenvalue weighted by Crippen LogP contribution is -2.07. The number of nitrogens with zero attached hydrogens (tertiary/aromatic N) is 4. The predicted molar refractivity (Wildman–Crippen MR) is 94.3 cm³/mol. The van der Waals surface area contributed by atoms with E-state index >= 15 is 0 Å². The minimum atomic E-state index is -3.79. The summed E-state index contributed by atoms with van der Waals surface area (Å²) in [4.78, 5) is 4.45. The van der Waals surface area contributed by atoms with Gasteiger partial charge in [-0.2, -0.15) is 8.42 Å². The van der Waals surface area contributed by atoms with E-state index in [9.17, 15) is 8.42 Å². The van der Waals surface area contributed by atoms with Crippen molar-refractivity contribution in [3.05, 3.63) is 65.6 Å². The number of aromatic nitrogens is 4. The molecule has 1 aromatic carbocycles. The molecule has 0 atom stereocenters. The van der Waals surface area contributed by atoms with Gasteiger partial charge in [0.05, 0.1) is 23.4 Å². The quantitative estimate of drug-likeness (QED) is 0.620. The first-order valence-corrected chi connectivity index (χ1v) is 9.76. The molecule has 4 rings (SSSR count). The molecule has 2 heterocycles. The van der Waals surface area contributed by atoms with Crippen molar-refractivity contribution in [2.45, 2.75) is 37.2 Å². The molecule has 1 aliphatic rings. The highest BCUT2D eigenvalue weighted by molar-refractivity contribution is 7.86. The maximum Gasteiger partial charge on any atom is 0.297 e. The zero-order valence-electron chi connectivity index (χ0n) is 14.2. The summed E-state index contributed by atoms with van der Waals surface area (Å²) in [5.74, 6) is 1.16. The molecule has 7 nitrogen and oxygen atoms in total. The Bertz CT molecular complexity index is 1010. The molecule has 134 valence electrons. The Morgan fingerprint density at radius 1 is 1.15 bits per heavy atom. The topological polar surface area (TPSA) is 87.0 Å². The van der Waals surface area contributed by atoms with E-state index in [1.54, 1.807) is 35.1 Å². The third kappa shape index (κ3) is 3.66. The van der Waals surface area contributed by atoms with Crippen LogP contribution < -0.4 is 0 Å². The van der Waals surface area contributed by atoms with Crippen LogP contribution in [0, 0.1) is 6.92 Å². The monoisotopic (exact) mass is 370 g/mol. The lowest BCUT2D eigenvalue weighted by atomic mass is 10.2. The van der Waals surface area contributed by atoms with Gasteiger partial charge in [0.25, 0.3) is 10.1 Å². The first-order chi connectivity index (χ1) is 12.5. The molecule has 0 amide bonds. The number of rotatable bonds is 6. The molecule has 26 heavy (non-hydrogen) atoms. The number of aryl methyl sites for hydroxylation is 1. The van der Waals surface area contributed by atoms with Crippen molar-refractivity contribution in [3.8, 4) is 5.82 Å². The van der Waals surface area contributed by atoms with Crippen LogP contribution in [-0.2, 0) is 20.9 Å². The van der Waals surface area contributed by atoms with E-state index in [1.807, 2.05) is 13.1 Å². The largest absolute Gasteiger partial charge is 0.297 e. The van der Waals surface area contributed by atoms with Gasteiger partial charge < -0.3 is 0 Å². The molecule has 0 N–H and O–H groups in total. The minimum absolute atomic E-state index is 0.0752. The van der Waals surface area contributed by atoms with Crippen molar-refractivity contribution in [1.82, 2.24) is 20.0 Å². The smallest absolute Gasteiger partial charge is 0.261 e. The summed E-state index contributed by atoms with van der Waals surface area (Å²) in [6.45, 7) is 1.82. The third-order valence-electron chi connectivity index (χ3n) is 4.24. The van der Waals surface area contributed by atoms with Crippen molar-refractivity contribution >= 4 is 10.1 Å². The van der Waals surface area contributed by atoms with E-state index in [1.165, 1.54) is 12.1 Å². The van der Waals surface area contributed by atoms with Crippen LogP contribution in [0.4, 0.5) is 0 Å². The lowest BCUT2D eigenvalue weighted by Gasteiger charge is -2.06. The van der Waals surface area contributed by atoms with Crippen molar-refractivity contribution in [2.24, 2.45) is 0 Å². The average Bonchev–Trinajstić information content (AvgIpc) is 3.38. The molecular weight excluding hydrogens is 352 g/mol. The summed E-state index contributed by atoms with van der Waals surface area (Å²) in [6, 6.07) is 10.1. The highest BCUT2D eigenvalue weighted by Gasteiger charge is 2.26. The molecule has 0 radical (unpaired) electrons. The van der Waals surface area contributed by atoms with Crippen LogP contribution in [0.3, 0.4) is 0 Å². The third-order valence-corrected chi connectivity index (χ3v) is 5.52. The molecule has 1 fully saturated rings. The summed E-state index contributed by atoms with van der Waals surface area (Å²) in [6.07, 6.45) is 5.80. The van der Waals surface area contributed by atoms with Crippen LogP contribution >= 0.6 is 0 Å². The highest BCUT2D eigenvalue weighted by atomic mass is 32.2. The first kappa shape index (κ1) is 16.9. The van der Waals surface area contributed by atoms with E-state index in [0.29, 0.717) is 17.3 Å². The number of hydrogen-bond donors (Lipinski definition) is 0. The second-order valence-electron chi connectivity index (χ2n) is 6.42. The Kier molecular flexibility index (Phi) is 4.29. The van der Waals surface area contributed by atoms with E-state index < -0.39 is 10.1 Å². The first-order valence-electron chi connectivity index (χ1n) is 8.35. The SMILES string of the molecule is Cc1ccc(S(=O)(=O)OCc2ccc(-n3cc(C4CC4)nn3)nc2)cc1. The van der Waals surface area contributed by atoms with Gasteiger partial charge >= 0.3 is 0 Å². The Labute approximate surface area is 151 Å². The van der Waals surface area contributed by atoms with Crippen LogP contribution in [0.5, 0.6) is 0 Å². The van der Waals surface area contributed by atoms with Crippen LogP contribution in [0.25, 0.3) is 5.82 Å². The molecule has 1 saturated carbocycles. The van der Waals surface area contributed by atoms with Gasteiger partial charge in [0.1, 0.15) is 0 Å². The van der Waals surface area contributed by atoms with Gasteiger partial charge in [0, 0.05) is 12.1 Å². The molecule has 8 heteroatoms. The zero-order chi connectivity index (χ0) is 18.1. The number of hydrogen-bond acceptors (Lipinski definition) is 6. The van der Waals surface area contributed by atoms with Crippen LogP contribution in [-0.4, -0.2) is 28.4 Å². The molecule has 0 saturated heterocycles. The van der Waals surface area contributed by atoms with Crippen LogP contribution in [0.1, 0.15) is 35.6 Å². The minimum Gasteiger partial charge on any atom is -0.261 e. The molecular formula is C18H18N4O3S. The van der Waals surface area contributed by atoms with Gasteiger partial charge in [0.15, 0.2) is 5.82 Å². The summed E-state index contributed by atoms with van der Waals surface area (Å²) in [7, 11) is -3.79. The molecule has 0 unspecified atom stereocenters. The Hall–Kier alpha value is -2.58. The molecule has 0 bridgehead atoms. The second kappa shape index (κ2) is 6.62. The second-order valence-corrected chi connectivity index (χ2v) is 8.03. The van der Waals surface area contributed by atoms with Crippen LogP contribution in [0.15, 0.2) is 53.7 Å². The fourth-order valence-corrected chi connectivity index (χ4v) is 3.41. The van der Waals surface area contributed by atoms with Gasteiger partial charge in [-0.05, 0) is 43.5 Å². The van der Waals surface area contributed by atoms with Crippen molar-refractivity contribution < 1.29 is 12.6 Å². The van der Waals surface area contributed by atoms with Gasteiger partial charge in [-0.25, -0.2) is 9.67 Å². The number of pyridine rings is 1. The normalized spacial score (nSPS) is 14.5. The number of benzene rings is 1. The lowest BCUT2D eigenvalue weighted by molar-refractivity contribution is 0.307. The Morgan fingerprint density at radius 2 is 1.92 bits per heavy atom. The van der Waals surface area contributed by atoms with Crippen LogP contribution in [0.2, 0.25) is 0 Å². The molecule has 0 spiro atoms. The van der Waals surface area contributed by atoms with Crippen molar-refractivity contribution in [1.29, 1.82) is 0 Å². The van der Waals surface area contributed by atoms with E-state index in [4.69, 9.17) is 4.18 Å². The standard InChI is InChI=1S/C18H18N4O3S/c1-13-2-7-16(8-3-13)26(23,24)25-12-14-4-9-18(19-10-14)22-11-17(20-21-22)15-5-6-15/h2-4,7-11,15H,5-6,12H2,1H3. The maximum absolute atomic E-state index is 12.2. The molecule has 1 aliphatic carbocycles. The summed E-state index contributed by atoms with van der Waals surface area (Å²) in [5, 5.41) is 8.24. The maximum atomic E-state index is 12.2. The molecule has 2 aromatic heterocycles. The Balaban J connectivity index is 1.42. The van der Waals surface area contributed by atoms with Gasteiger partial charge in [-0.3, -0.25) is 4.18 Å². The van der Waals surface area contributed by atoms with Crippen molar-refractivity contribution in [3.63, 3.8) is 0 Å². The summed E-state index contributed by atoms with van der Waals surface area (Å²) >= 11 is 0. The zero-order valence-corrected chi connectivity index (χ0v) is 15.1. The van der Waals surface area contributed by atoms with E-state index in [-0.39, 0.29) is 11.5 Å². The highest BCUT2D eigenvalue weighted by Crippen LogP contribution is 2.38.